The first kappa shape index (κ1) is 5.91. The largest absolute Gasteiger partial charge is 0.559 e. The van der Waals surface area contributed by atoms with E-state index in [1.165, 1.54) is 31.6 Å². The monoisotopic (exact) mass is 134 g/mol. The van der Waals surface area contributed by atoms with E-state index in [9.17, 15) is 0 Å². The highest BCUT2D eigenvalue weighted by Gasteiger charge is 2.05. The summed E-state index contributed by atoms with van der Waals surface area (Å²) in [5.41, 5.74) is 0. The van der Waals surface area contributed by atoms with Gasteiger partial charge < -0.3 is 12.2 Å². The van der Waals surface area contributed by atoms with Crippen molar-refractivity contribution in [3.8, 4) is 0 Å². The standard InChI is InChI=1S/C5H11PS/c7-6-4-2-1-3-5-6/h6H,1-5H2. The Morgan fingerprint density at radius 1 is 1.00 bits per heavy atom. The van der Waals surface area contributed by atoms with Crippen LogP contribution in [-0.2, 0) is 12.2 Å². The lowest BCUT2D eigenvalue weighted by molar-refractivity contribution is 0.758. The topological polar surface area (TPSA) is 0 Å². The summed E-state index contributed by atoms with van der Waals surface area (Å²) in [6.45, 7) is 0. The fourth-order valence-corrected chi connectivity index (χ4v) is 3.35. The first-order valence-corrected chi connectivity index (χ1v) is 5.96. The predicted molar refractivity (Wildman–Crippen MR) is 39.3 cm³/mol. The van der Waals surface area contributed by atoms with Crippen molar-refractivity contribution in [1.82, 2.24) is 0 Å². The van der Waals surface area contributed by atoms with Gasteiger partial charge in [0.1, 0.15) is 0 Å². The van der Waals surface area contributed by atoms with Gasteiger partial charge in [-0.3, -0.25) is 0 Å². The van der Waals surface area contributed by atoms with E-state index in [1.54, 1.807) is 0 Å². The minimum Gasteiger partial charge on any atom is -0.559 e. The lowest BCUT2D eigenvalue weighted by Gasteiger charge is -2.18. The van der Waals surface area contributed by atoms with Crippen molar-refractivity contribution in [1.29, 1.82) is 0 Å². The lowest BCUT2D eigenvalue weighted by atomic mass is 10.3. The molecule has 1 fully saturated rings. The molecule has 0 aromatic heterocycles. The Morgan fingerprint density at radius 3 is 1.86 bits per heavy atom. The molecular formula is C5H11PS. The van der Waals surface area contributed by atoms with Gasteiger partial charge in [-0.2, -0.15) is 0 Å². The molecule has 7 heavy (non-hydrogen) atoms. The Labute approximate surface area is 51.6 Å². The maximum Gasteiger partial charge on any atom is 0.0376 e. The van der Waals surface area contributed by atoms with Crippen LogP contribution < -0.4 is 0 Å². The molecule has 1 aliphatic rings. The van der Waals surface area contributed by atoms with Crippen LogP contribution in [0.2, 0.25) is 0 Å². The molecular weight excluding hydrogens is 123 g/mol. The minimum absolute atomic E-state index is 0.210. The third-order valence-corrected chi connectivity index (χ3v) is 4.46. The summed E-state index contributed by atoms with van der Waals surface area (Å²) in [4.78, 5) is 0. The summed E-state index contributed by atoms with van der Waals surface area (Å²) in [5, 5.41) is 0. The van der Waals surface area contributed by atoms with Gasteiger partial charge in [-0.05, 0) is 19.3 Å². The molecule has 0 radical (unpaired) electrons. The van der Waals surface area contributed by atoms with Crippen molar-refractivity contribution in [2.24, 2.45) is 0 Å². The Kier molecular flexibility index (Phi) is 2.48. The van der Waals surface area contributed by atoms with Crippen LogP contribution in [-0.4, -0.2) is 12.3 Å². The van der Waals surface area contributed by atoms with Gasteiger partial charge in [-0.15, -0.1) is 7.12 Å². The van der Waals surface area contributed by atoms with Crippen molar-refractivity contribution in [3.05, 3.63) is 0 Å². The van der Waals surface area contributed by atoms with E-state index >= 15 is 0 Å². The van der Waals surface area contributed by atoms with Crippen LogP contribution in [0.4, 0.5) is 0 Å². The molecule has 42 valence electrons. The van der Waals surface area contributed by atoms with E-state index in [4.69, 9.17) is 12.2 Å². The van der Waals surface area contributed by atoms with Crippen LogP contribution in [0.1, 0.15) is 19.3 Å². The second-order valence-electron chi connectivity index (χ2n) is 2.10. The molecule has 0 atom stereocenters. The van der Waals surface area contributed by atoms with Crippen molar-refractivity contribution < 1.29 is 0 Å². The minimum atomic E-state index is -0.210. The summed E-state index contributed by atoms with van der Waals surface area (Å²) < 4.78 is 0. The van der Waals surface area contributed by atoms with Gasteiger partial charge in [0, 0.05) is 12.3 Å². The summed E-state index contributed by atoms with van der Waals surface area (Å²) in [6, 6.07) is 0. The van der Waals surface area contributed by atoms with E-state index in [0.717, 1.165) is 0 Å². The molecule has 0 spiro atoms. The molecule has 0 aromatic rings. The average molecular weight is 134 g/mol. The highest BCUT2D eigenvalue weighted by molar-refractivity contribution is 8.33. The average Bonchev–Trinajstić information content (AvgIpc) is 1.69. The number of hydrogen-bond acceptors (Lipinski definition) is 1. The second-order valence-corrected chi connectivity index (χ2v) is 5.91. The van der Waals surface area contributed by atoms with E-state index in [2.05, 4.69) is 0 Å². The van der Waals surface area contributed by atoms with E-state index < -0.39 is 0 Å². The van der Waals surface area contributed by atoms with Crippen LogP contribution in [0.3, 0.4) is 0 Å². The summed E-state index contributed by atoms with van der Waals surface area (Å²) in [5.74, 6) is 0. The molecule has 1 heterocycles. The molecule has 0 unspecified atom stereocenters. The van der Waals surface area contributed by atoms with Gasteiger partial charge in [-0.25, -0.2) is 0 Å². The Bertz CT molecular complexity index is 50.0. The van der Waals surface area contributed by atoms with E-state index in [1.807, 2.05) is 0 Å². The zero-order chi connectivity index (χ0) is 5.11. The lowest BCUT2D eigenvalue weighted by Crippen LogP contribution is -1.95. The third kappa shape index (κ3) is 2.01. The van der Waals surface area contributed by atoms with Crippen LogP contribution in [0.5, 0.6) is 0 Å². The molecule has 0 saturated carbocycles. The summed E-state index contributed by atoms with van der Waals surface area (Å²) >= 11 is 5.19. The molecule has 0 N–H and O–H groups in total. The number of rotatable bonds is 0. The zero-order valence-electron chi connectivity index (χ0n) is 4.44. The SMILES string of the molecule is [S-][PH+]1CCCCC1. The van der Waals surface area contributed by atoms with Crippen LogP contribution in [0.15, 0.2) is 0 Å². The molecule has 1 rings (SSSR count). The van der Waals surface area contributed by atoms with Crippen LogP contribution >= 0.6 is 7.12 Å². The molecule has 2 heteroatoms. The van der Waals surface area contributed by atoms with Gasteiger partial charge in [-0.1, -0.05) is 0 Å². The third-order valence-electron chi connectivity index (χ3n) is 1.41. The Morgan fingerprint density at radius 2 is 1.57 bits per heavy atom. The van der Waals surface area contributed by atoms with E-state index in [-0.39, 0.29) is 7.12 Å². The molecule has 1 aliphatic heterocycles. The predicted octanol–water partition coefficient (Wildman–Crippen LogP) is 1.85. The van der Waals surface area contributed by atoms with Crippen molar-refractivity contribution in [2.45, 2.75) is 19.3 Å². The number of hydrogen-bond donors (Lipinski definition) is 0. The van der Waals surface area contributed by atoms with Gasteiger partial charge in [0.25, 0.3) is 0 Å². The summed E-state index contributed by atoms with van der Waals surface area (Å²) in [6.07, 6.45) is 7.11. The van der Waals surface area contributed by atoms with Crippen molar-refractivity contribution in [2.75, 3.05) is 12.3 Å². The molecule has 0 aliphatic carbocycles. The first-order chi connectivity index (χ1) is 3.39. The molecule has 0 aromatic carbocycles. The second kappa shape index (κ2) is 2.94. The molecule has 0 bridgehead atoms. The van der Waals surface area contributed by atoms with E-state index in [0.29, 0.717) is 0 Å². The zero-order valence-corrected chi connectivity index (χ0v) is 6.26. The quantitative estimate of drug-likeness (QED) is 0.360. The summed E-state index contributed by atoms with van der Waals surface area (Å²) in [7, 11) is -0.210. The smallest absolute Gasteiger partial charge is 0.0376 e. The van der Waals surface area contributed by atoms with Crippen molar-refractivity contribution >= 4 is 19.4 Å². The molecule has 1 saturated heterocycles. The Hall–Kier alpha value is 0.780. The Balaban J connectivity index is 2.12. The maximum atomic E-state index is 5.19. The van der Waals surface area contributed by atoms with Crippen molar-refractivity contribution in [3.63, 3.8) is 0 Å². The molecule has 0 amide bonds. The fourth-order valence-electron chi connectivity index (χ4n) is 0.946. The van der Waals surface area contributed by atoms with Gasteiger partial charge in [0.05, 0.1) is 0 Å². The maximum absolute atomic E-state index is 5.19. The van der Waals surface area contributed by atoms with Crippen LogP contribution in [0.25, 0.3) is 0 Å². The first-order valence-electron chi connectivity index (χ1n) is 2.91. The highest BCUT2D eigenvalue weighted by atomic mass is 32.7. The van der Waals surface area contributed by atoms with Gasteiger partial charge in [0.15, 0.2) is 0 Å². The highest BCUT2D eigenvalue weighted by Crippen LogP contribution is 2.38. The van der Waals surface area contributed by atoms with Gasteiger partial charge in [0.2, 0.25) is 0 Å². The molecule has 0 nitrogen and oxygen atoms in total. The normalized spacial score (nSPS) is 25.3. The van der Waals surface area contributed by atoms with Crippen LogP contribution in [0, 0.1) is 0 Å². The fraction of sp³-hybridized carbons (Fsp3) is 1.00. The van der Waals surface area contributed by atoms with Gasteiger partial charge >= 0.3 is 0 Å².